The number of ketones is 1. The first-order valence-corrected chi connectivity index (χ1v) is 5.20. The van der Waals surface area contributed by atoms with Crippen LogP contribution in [0.5, 0.6) is 0 Å². The van der Waals surface area contributed by atoms with Crippen molar-refractivity contribution in [1.29, 1.82) is 0 Å². The topological polar surface area (TPSA) is 17.1 Å². The molecular formula is C9H8ClFOS. The van der Waals surface area contributed by atoms with Gasteiger partial charge in [-0.15, -0.1) is 11.8 Å². The van der Waals surface area contributed by atoms with Crippen molar-refractivity contribution in [3.05, 3.63) is 28.5 Å². The minimum Gasteiger partial charge on any atom is -0.294 e. The molecule has 0 aliphatic carbocycles. The standard InChI is InChI=1S/C9H8ClFOS/c1-5(12)7-3-6(10)4-8(13-2)9(7)11/h3-4H,1-2H3. The van der Waals surface area contributed by atoms with Gasteiger partial charge in [-0.1, -0.05) is 11.6 Å². The molecule has 1 nitrogen and oxygen atoms in total. The molecule has 0 saturated carbocycles. The lowest BCUT2D eigenvalue weighted by Gasteiger charge is -2.04. The average Bonchev–Trinajstić information content (AvgIpc) is 2.08. The maximum Gasteiger partial charge on any atom is 0.162 e. The van der Waals surface area contributed by atoms with Crippen molar-refractivity contribution in [3.63, 3.8) is 0 Å². The maximum absolute atomic E-state index is 13.4. The van der Waals surface area contributed by atoms with Crippen molar-refractivity contribution < 1.29 is 9.18 Å². The Balaban J connectivity index is 3.35. The van der Waals surface area contributed by atoms with Crippen LogP contribution >= 0.6 is 23.4 Å². The monoisotopic (exact) mass is 218 g/mol. The van der Waals surface area contributed by atoms with Gasteiger partial charge in [0.25, 0.3) is 0 Å². The van der Waals surface area contributed by atoms with Gasteiger partial charge in [-0.3, -0.25) is 4.79 Å². The van der Waals surface area contributed by atoms with Crippen molar-refractivity contribution >= 4 is 29.1 Å². The lowest BCUT2D eigenvalue weighted by Crippen LogP contribution is -1.98. The SMILES string of the molecule is CSc1cc(Cl)cc(C(C)=O)c1F. The summed E-state index contributed by atoms with van der Waals surface area (Å²) in [6.45, 7) is 1.32. The number of carbonyl (C=O) groups excluding carboxylic acids is 1. The Hall–Kier alpha value is -0.540. The van der Waals surface area contributed by atoms with Gasteiger partial charge in [0.2, 0.25) is 0 Å². The number of hydrogen-bond donors (Lipinski definition) is 0. The van der Waals surface area contributed by atoms with E-state index in [1.54, 1.807) is 6.26 Å². The van der Waals surface area contributed by atoms with Crippen molar-refractivity contribution in [2.45, 2.75) is 11.8 Å². The van der Waals surface area contributed by atoms with Crippen LogP contribution in [0.4, 0.5) is 4.39 Å². The van der Waals surface area contributed by atoms with Gasteiger partial charge in [0.15, 0.2) is 5.78 Å². The van der Waals surface area contributed by atoms with E-state index in [4.69, 9.17) is 11.6 Å². The minimum absolute atomic E-state index is 0.0526. The highest BCUT2D eigenvalue weighted by atomic mass is 35.5. The van der Waals surface area contributed by atoms with Crippen LogP contribution in [0.3, 0.4) is 0 Å². The maximum atomic E-state index is 13.4. The Kier molecular flexibility index (Phi) is 3.33. The zero-order valence-corrected chi connectivity index (χ0v) is 8.80. The number of hydrogen-bond acceptors (Lipinski definition) is 2. The third-order valence-electron chi connectivity index (χ3n) is 1.60. The number of carbonyl (C=O) groups is 1. The van der Waals surface area contributed by atoms with E-state index >= 15 is 0 Å². The summed E-state index contributed by atoms with van der Waals surface area (Å²) in [5.74, 6) is -0.792. The Labute approximate surface area is 85.3 Å². The predicted molar refractivity (Wildman–Crippen MR) is 53.2 cm³/mol. The zero-order valence-electron chi connectivity index (χ0n) is 7.23. The fourth-order valence-corrected chi connectivity index (χ4v) is 1.79. The average molecular weight is 219 g/mol. The van der Waals surface area contributed by atoms with Crippen molar-refractivity contribution in [2.24, 2.45) is 0 Å². The highest BCUT2D eigenvalue weighted by molar-refractivity contribution is 7.98. The number of Topliss-reactive ketones (excluding diaryl/α,β-unsaturated/α-hetero) is 1. The molecule has 1 aromatic rings. The Morgan fingerprint density at radius 2 is 2.15 bits per heavy atom. The Morgan fingerprint density at radius 1 is 1.54 bits per heavy atom. The number of thioether (sulfide) groups is 1. The van der Waals surface area contributed by atoms with Crippen molar-refractivity contribution in [3.8, 4) is 0 Å². The molecule has 0 spiro atoms. The summed E-state index contributed by atoms with van der Waals surface area (Å²) in [6, 6.07) is 2.85. The lowest BCUT2D eigenvalue weighted by molar-refractivity contribution is 0.101. The summed E-state index contributed by atoms with van der Waals surface area (Å²) in [4.78, 5) is 11.4. The van der Waals surface area contributed by atoms with E-state index in [0.717, 1.165) is 0 Å². The molecule has 0 bridgehead atoms. The molecule has 0 saturated heterocycles. The first kappa shape index (κ1) is 10.5. The van der Waals surface area contributed by atoms with Crippen molar-refractivity contribution in [2.75, 3.05) is 6.26 Å². The number of halogens is 2. The van der Waals surface area contributed by atoms with Crippen LogP contribution in [-0.2, 0) is 0 Å². The second-order valence-electron chi connectivity index (χ2n) is 2.53. The molecule has 1 aromatic carbocycles. The lowest BCUT2D eigenvalue weighted by atomic mass is 10.1. The molecule has 0 unspecified atom stereocenters. The third-order valence-corrected chi connectivity index (χ3v) is 2.56. The minimum atomic E-state index is -0.482. The molecule has 0 aromatic heterocycles. The van der Waals surface area contributed by atoms with Gasteiger partial charge in [-0.25, -0.2) is 4.39 Å². The van der Waals surface area contributed by atoms with Crippen LogP contribution in [0, 0.1) is 5.82 Å². The normalized spacial score (nSPS) is 10.2. The molecule has 0 radical (unpaired) electrons. The summed E-state index contributed by atoms with van der Waals surface area (Å²) in [5, 5.41) is 0.385. The Bertz CT molecular complexity index is 352. The number of benzene rings is 1. The first-order chi connectivity index (χ1) is 6.06. The van der Waals surface area contributed by atoms with Crippen LogP contribution in [-0.4, -0.2) is 12.0 Å². The molecule has 1 rings (SSSR count). The summed E-state index contributed by atoms with van der Waals surface area (Å²) in [5.41, 5.74) is 0.0526. The van der Waals surface area contributed by atoms with E-state index in [2.05, 4.69) is 0 Å². The van der Waals surface area contributed by atoms with E-state index in [1.165, 1.54) is 30.8 Å². The van der Waals surface area contributed by atoms with Gasteiger partial charge in [-0.05, 0) is 25.3 Å². The summed E-state index contributed by atoms with van der Waals surface area (Å²) in [7, 11) is 0. The van der Waals surface area contributed by atoms with Crippen LogP contribution in [0.1, 0.15) is 17.3 Å². The summed E-state index contributed by atoms with van der Waals surface area (Å²) >= 11 is 6.94. The molecule has 0 aliphatic heterocycles. The van der Waals surface area contributed by atoms with E-state index in [0.29, 0.717) is 9.92 Å². The third kappa shape index (κ3) is 2.23. The van der Waals surface area contributed by atoms with Gasteiger partial charge < -0.3 is 0 Å². The molecule has 4 heteroatoms. The molecule has 70 valence electrons. The van der Waals surface area contributed by atoms with Gasteiger partial charge in [0.05, 0.1) is 5.56 Å². The van der Waals surface area contributed by atoms with Gasteiger partial charge in [-0.2, -0.15) is 0 Å². The fourth-order valence-electron chi connectivity index (χ4n) is 0.969. The molecular weight excluding hydrogens is 211 g/mol. The molecule has 0 amide bonds. The van der Waals surface area contributed by atoms with Crippen LogP contribution in [0.2, 0.25) is 5.02 Å². The van der Waals surface area contributed by atoms with E-state index in [1.807, 2.05) is 0 Å². The van der Waals surface area contributed by atoms with Gasteiger partial charge in [0, 0.05) is 9.92 Å². The quantitative estimate of drug-likeness (QED) is 0.559. The molecule has 13 heavy (non-hydrogen) atoms. The van der Waals surface area contributed by atoms with E-state index in [-0.39, 0.29) is 11.3 Å². The van der Waals surface area contributed by atoms with Crippen LogP contribution < -0.4 is 0 Å². The molecule has 0 heterocycles. The predicted octanol–water partition coefficient (Wildman–Crippen LogP) is 3.40. The summed E-state index contributed by atoms with van der Waals surface area (Å²) in [6.07, 6.45) is 1.73. The molecule has 0 atom stereocenters. The van der Waals surface area contributed by atoms with Crippen LogP contribution in [0.15, 0.2) is 17.0 Å². The molecule has 0 N–H and O–H groups in total. The van der Waals surface area contributed by atoms with Gasteiger partial charge >= 0.3 is 0 Å². The summed E-state index contributed by atoms with van der Waals surface area (Å²) < 4.78 is 13.4. The largest absolute Gasteiger partial charge is 0.294 e. The smallest absolute Gasteiger partial charge is 0.162 e. The zero-order chi connectivity index (χ0) is 10.0. The highest BCUT2D eigenvalue weighted by Gasteiger charge is 2.12. The second kappa shape index (κ2) is 4.11. The Morgan fingerprint density at radius 3 is 2.62 bits per heavy atom. The van der Waals surface area contributed by atoms with Crippen LogP contribution in [0.25, 0.3) is 0 Å². The molecule has 0 aliphatic rings. The fraction of sp³-hybridized carbons (Fsp3) is 0.222. The van der Waals surface area contributed by atoms with Gasteiger partial charge in [0.1, 0.15) is 5.82 Å². The number of rotatable bonds is 2. The van der Waals surface area contributed by atoms with Crippen molar-refractivity contribution in [1.82, 2.24) is 0 Å². The van der Waals surface area contributed by atoms with E-state index < -0.39 is 5.82 Å². The first-order valence-electron chi connectivity index (χ1n) is 3.60. The second-order valence-corrected chi connectivity index (χ2v) is 3.81. The van der Waals surface area contributed by atoms with E-state index in [9.17, 15) is 9.18 Å². The molecule has 0 fully saturated rings. The highest BCUT2D eigenvalue weighted by Crippen LogP contribution is 2.26.